The quantitative estimate of drug-likeness (QED) is 0.747. The summed E-state index contributed by atoms with van der Waals surface area (Å²) < 4.78 is 5.66. The summed E-state index contributed by atoms with van der Waals surface area (Å²) in [5.41, 5.74) is 6.87. The van der Waals surface area contributed by atoms with Gasteiger partial charge in [-0.1, -0.05) is 18.2 Å². The Morgan fingerprint density at radius 1 is 1.38 bits per heavy atom. The molecule has 0 aliphatic carbocycles. The zero-order valence-corrected chi connectivity index (χ0v) is 9.65. The molecule has 0 spiro atoms. The maximum absolute atomic E-state index is 8.39. The first-order valence-corrected chi connectivity index (χ1v) is 5.60. The van der Waals surface area contributed by atoms with E-state index in [0.29, 0.717) is 13.0 Å². The molecular weight excluding hydrogens is 200 g/mol. The first-order valence-electron chi connectivity index (χ1n) is 5.60. The fourth-order valence-corrected chi connectivity index (χ4v) is 1.48. The lowest BCUT2D eigenvalue weighted by Gasteiger charge is -2.13. The minimum Gasteiger partial charge on any atom is -0.493 e. The molecule has 3 heteroatoms. The van der Waals surface area contributed by atoms with Crippen LogP contribution in [0.1, 0.15) is 37.8 Å². The second kappa shape index (κ2) is 6.86. The second-order valence-corrected chi connectivity index (χ2v) is 3.79. The van der Waals surface area contributed by atoms with Crippen LogP contribution >= 0.6 is 0 Å². The van der Waals surface area contributed by atoms with Gasteiger partial charge in [0.15, 0.2) is 0 Å². The molecular formula is C13H18N2O. The Balaban J connectivity index is 2.44. The van der Waals surface area contributed by atoms with Crippen molar-refractivity contribution < 1.29 is 4.74 Å². The zero-order chi connectivity index (χ0) is 11.8. The first kappa shape index (κ1) is 12.5. The van der Waals surface area contributed by atoms with Crippen LogP contribution in [0.15, 0.2) is 24.3 Å². The average molecular weight is 218 g/mol. The van der Waals surface area contributed by atoms with Crippen LogP contribution in [0.3, 0.4) is 0 Å². The summed E-state index contributed by atoms with van der Waals surface area (Å²) in [6.45, 7) is 2.59. The molecule has 0 amide bonds. The van der Waals surface area contributed by atoms with Gasteiger partial charge in [0.2, 0.25) is 0 Å². The Morgan fingerprint density at radius 2 is 2.12 bits per heavy atom. The van der Waals surface area contributed by atoms with E-state index in [-0.39, 0.29) is 6.04 Å². The lowest BCUT2D eigenvalue weighted by molar-refractivity contribution is 0.303. The molecule has 1 aromatic rings. The van der Waals surface area contributed by atoms with Gasteiger partial charge >= 0.3 is 0 Å². The maximum atomic E-state index is 8.39. The summed E-state index contributed by atoms with van der Waals surface area (Å²) in [5.74, 6) is 0.856. The van der Waals surface area contributed by atoms with Crippen LogP contribution in [-0.4, -0.2) is 6.61 Å². The normalized spacial score (nSPS) is 11.8. The minimum absolute atomic E-state index is 0.0182. The van der Waals surface area contributed by atoms with Crippen molar-refractivity contribution in [2.24, 2.45) is 5.73 Å². The predicted molar refractivity (Wildman–Crippen MR) is 64.0 cm³/mol. The number of para-hydroxylation sites is 1. The van der Waals surface area contributed by atoms with E-state index in [1.807, 2.05) is 31.2 Å². The molecule has 0 aromatic heterocycles. The van der Waals surface area contributed by atoms with Crippen molar-refractivity contribution in [2.75, 3.05) is 6.61 Å². The Labute approximate surface area is 96.8 Å². The highest BCUT2D eigenvalue weighted by Crippen LogP contribution is 2.23. The maximum Gasteiger partial charge on any atom is 0.124 e. The lowest BCUT2D eigenvalue weighted by atomic mass is 10.1. The molecule has 0 aliphatic heterocycles. The number of benzene rings is 1. The molecule has 3 nitrogen and oxygen atoms in total. The van der Waals surface area contributed by atoms with Gasteiger partial charge in [0.05, 0.1) is 12.7 Å². The summed E-state index contributed by atoms with van der Waals surface area (Å²) in [6.07, 6.45) is 2.38. The van der Waals surface area contributed by atoms with Gasteiger partial charge in [0.25, 0.3) is 0 Å². The Bertz CT molecular complexity index is 355. The molecule has 1 aromatic carbocycles. The summed E-state index contributed by atoms with van der Waals surface area (Å²) >= 11 is 0. The molecule has 2 N–H and O–H groups in total. The summed E-state index contributed by atoms with van der Waals surface area (Å²) in [7, 11) is 0. The fourth-order valence-electron chi connectivity index (χ4n) is 1.48. The molecule has 0 fully saturated rings. The van der Waals surface area contributed by atoms with Gasteiger partial charge < -0.3 is 10.5 Å². The van der Waals surface area contributed by atoms with Gasteiger partial charge in [-0.05, 0) is 25.8 Å². The van der Waals surface area contributed by atoms with E-state index in [1.165, 1.54) is 0 Å². The fraction of sp³-hybridized carbons (Fsp3) is 0.462. The Morgan fingerprint density at radius 3 is 2.81 bits per heavy atom. The summed E-state index contributed by atoms with van der Waals surface area (Å²) in [6, 6.07) is 9.92. The topological polar surface area (TPSA) is 59.0 Å². The molecule has 1 atom stereocenters. The first-order chi connectivity index (χ1) is 7.75. The lowest BCUT2D eigenvalue weighted by Crippen LogP contribution is -2.08. The minimum atomic E-state index is -0.0182. The molecule has 0 radical (unpaired) electrons. The van der Waals surface area contributed by atoms with Crippen molar-refractivity contribution in [2.45, 2.75) is 32.2 Å². The number of hydrogen-bond acceptors (Lipinski definition) is 3. The van der Waals surface area contributed by atoms with Crippen LogP contribution in [0.5, 0.6) is 5.75 Å². The van der Waals surface area contributed by atoms with E-state index in [9.17, 15) is 0 Å². The van der Waals surface area contributed by atoms with Crippen LogP contribution in [0.4, 0.5) is 0 Å². The monoisotopic (exact) mass is 218 g/mol. The average Bonchev–Trinajstić information content (AvgIpc) is 2.29. The highest BCUT2D eigenvalue weighted by atomic mass is 16.5. The number of nitrogens with two attached hydrogens (primary N) is 1. The van der Waals surface area contributed by atoms with E-state index >= 15 is 0 Å². The molecule has 0 heterocycles. The van der Waals surface area contributed by atoms with E-state index in [1.54, 1.807) is 0 Å². The Kier molecular flexibility index (Phi) is 5.38. The van der Waals surface area contributed by atoms with Crippen molar-refractivity contribution in [1.29, 1.82) is 5.26 Å². The molecule has 0 aliphatic rings. The van der Waals surface area contributed by atoms with Gasteiger partial charge in [0.1, 0.15) is 5.75 Å². The van der Waals surface area contributed by atoms with Crippen molar-refractivity contribution in [3.05, 3.63) is 29.8 Å². The third-order valence-electron chi connectivity index (χ3n) is 2.35. The second-order valence-electron chi connectivity index (χ2n) is 3.79. The molecule has 16 heavy (non-hydrogen) atoms. The van der Waals surface area contributed by atoms with Crippen molar-refractivity contribution >= 4 is 0 Å². The standard InChI is InChI=1S/C13H18N2O/c1-11(15)12-7-3-4-8-13(12)16-10-6-2-5-9-14/h3-4,7-8,11H,2,5-6,10,15H2,1H3. The molecule has 1 rings (SSSR count). The van der Waals surface area contributed by atoms with Gasteiger partial charge in [-0.15, -0.1) is 0 Å². The van der Waals surface area contributed by atoms with Crippen LogP contribution in [0, 0.1) is 11.3 Å². The highest BCUT2D eigenvalue weighted by Gasteiger charge is 2.06. The van der Waals surface area contributed by atoms with Crippen LogP contribution in [-0.2, 0) is 0 Å². The van der Waals surface area contributed by atoms with Crippen molar-refractivity contribution in [1.82, 2.24) is 0 Å². The van der Waals surface area contributed by atoms with Crippen LogP contribution in [0.2, 0.25) is 0 Å². The number of ether oxygens (including phenoxy) is 1. The Hall–Kier alpha value is -1.53. The van der Waals surface area contributed by atoms with Crippen LogP contribution < -0.4 is 10.5 Å². The van der Waals surface area contributed by atoms with Crippen molar-refractivity contribution in [3.8, 4) is 11.8 Å². The molecule has 0 bridgehead atoms. The third-order valence-corrected chi connectivity index (χ3v) is 2.35. The highest BCUT2D eigenvalue weighted by molar-refractivity contribution is 5.35. The van der Waals surface area contributed by atoms with Gasteiger partial charge in [-0.25, -0.2) is 0 Å². The number of unbranched alkanes of at least 4 members (excludes halogenated alkanes) is 2. The van der Waals surface area contributed by atoms with E-state index in [2.05, 4.69) is 6.07 Å². The van der Waals surface area contributed by atoms with E-state index in [0.717, 1.165) is 24.2 Å². The number of nitriles is 1. The van der Waals surface area contributed by atoms with Crippen LogP contribution in [0.25, 0.3) is 0 Å². The van der Waals surface area contributed by atoms with E-state index < -0.39 is 0 Å². The molecule has 1 unspecified atom stereocenters. The number of nitrogens with zero attached hydrogens (tertiary/aromatic N) is 1. The predicted octanol–water partition coefficient (Wildman–Crippen LogP) is 2.78. The summed E-state index contributed by atoms with van der Waals surface area (Å²) in [5, 5.41) is 8.39. The molecule has 86 valence electrons. The van der Waals surface area contributed by atoms with E-state index in [4.69, 9.17) is 15.7 Å². The van der Waals surface area contributed by atoms with Gasteiger partial charge in [-0.2, -0.15) is 5.26 Å². The number of hydrogen-bond donors (Lipinski definition) is 1. The smallest absolute Gasteiger partial charge is 0.124 e. The molecule has 0 saturated carbocycles. The van der Waals surface area contributed by atoms with Gasteiger partial charge in [0, 0.05) is 18.0 Å². The molecule has 0 saturated heterocycles. The zero-order valence-electron chi connectivity index (χ0n) is 9.65. The summed E-state index contributed by atoms with van der Waals surface area (Å²) in [4.78, 5) is 0. The third kappa shape index (κ3) is 3.92. The largest absolute Gasteiger partial charge is 0.493 e. The van der Waals surface area contributed by atoms with Gasteiger partial charge in [-0.3, -0.25) is 0 Å². The van der Waals surface area contributed by atoms with Crippen molar-refractivity contribution in [3.63, 3.8) is 0 Å². The SMILES string of the molecule is CC(N)c1ccccc1OCCCCC#N. The number of rotatable bonds is 6.